The molecule has 4 heteroatoms. The number of amides is 1. The summed E-state index contributed by atoms with van der Waals surface area (Å²) in [6.07, 6.45) is 0. The Kier molecular flexibility index (Phi) is 4.32. The fourth-order valence-electron chi connectivity index (χ4n) is 2.58. The third kappa shape index (κ3) is 3.21. The molecule has 1 amide bonds. The van der Waals surface area contributed by atoms with Gasteiger partial charge in [0.15, 0.2) is 0 Å². The predicted molar refractivity (Wildman–Crippen MR) is 101 cm³/mol. The first-order valence-electron chi connectivity index (χ1n) is 7.68. The Labute approximate surface area is 149 Å². The lowest BCUT2D eigenvalue weighted by Crippen LogP contribution is -2.11. The zero-order chi connectivity index (χ0) is 16.4. The minimum Gasteiger partial charge on any atom is -0.321 e. The number of carbonyl (C=O) groups is 1. The molecule has 3 aromatic rings. The lowest BCUT2D eigenvalue weighted by atomic mass is 10.2. The first-order chi connectivity index (χ1) is 11.8. The normalized spacial score (nSPS) is 12.8. The lowest BCUT2D eigenvalue weighted by molar-refractivity contribution is 0.102. The Bertz CT molecular complexity index is 893. The maximum atomic E-state index is 12.4. The molecule has 1 aliphatic heterocycles. The zero-order valence-electron chi connectivity index (χ0n) is 12.9. The largest absolute Gasteiger partial charge is 0.321 e. The number of benzene rings is 3. The third-order valence-electron chi connectivity index (χ3n) is 3.80. The molecule has 118 valence electrons. The molecule has 0 aliphatic carbocycles. The van der Waals surface area contributed by atoms with Crippen LogP contribution in [0.3, 0.4) is 0 Å². The fraction of sp³-hybridized carbons (Fsp3) is 0.0500. The van der Waals surface area contributed by atoms with Crippen molar-refractivity contribution in [3.8, 4) is 0 Å². The average Bonchev–Trinajstić information content (AvgIpc) is 2.76. The van der Waals surface area contributed by atoms with Crippen LogP contribution in [0.1, 0.15) is 15.9 Å². The second kappa shape index (κ2) is 6.75. The van der Waals surface area contributed by atoms with Crippen molar-refractivity contribution in [2.75, 3.05) is 5.32 Å². The average molecular weight is 349 g/mol. The monoisotopic (exact) mass is 349 g/mol. The zero-order valence-corrected chi connectivity index (χ0v) is 14.5. The van der Waals surface area contributed by atoms with Crippen LogP contribution >= 0.6 is 23.5 Å². The molecule has 4 rings (SSSR count). The van der Waals surface area contributed by atoms with E-state index in [2.05, 4.69) is 47.8 Å². The maximum absolute atomic E-state index is 12.4. The topological polar surface area (TPSA) is 29.1 Å². The summed E-state index contributed by atoms with van der Waals surface area (Å²) in [6.45, 7) is 0. The van der Waals surface area contributed by atoms with Crippen molar-refractivity contribution in [2.45, 2.75) is 20.4 Å². The highest BCUT2D eigenvalue weighted by Crippen LogP contribution is 2.40. The first-order valence-corrected chi connectivity index (χ1v) is 9.49. The van der Waals surface area contributed by atoms with Gasteiger partial charge in [0.25, 0.3) is 5.91 Å². The van der Waals surface area contributed by atoms with Crippen molar-refractivity contribution >= 4 is 35.1 Å². The molecule has 0 atom stereocenters. The van der Waals surface area contributed by atoms with Gasteiger partial charge in [0.2, 0.25) is 0 Å². The smallest absolute Gasteiger partial charge is 0.256 e. The number of hydrogen-bond donors (Lipinski definition) is 1. The van der Waals surface area contributed by atoms with Crippen LogP contribution < -0.4 is 5.32 Å². The summed E-state index contributed by atoms with van der Waals surface area (Å²) in [5.74, 6) is 0.878. The van der Waals surface area contributed by atoms with E-state index in [9.17, 15) is 4.79 Å². The highest BCUT2D eigenvalue weighted by atomic mass is 32.2. The van der Waals surface area contributed by atoms with Crippen LogP contribution in [0.25, 0.3) is 0 Å². The summed E-state index contributed by atoms with van der Waals surface area (Å²) >= 11 is 3.42. The molecular formula is C20H15NOS2. The molecule has 0 spiro atoms. The SMILES string of the molecule is O=C1Nc2cc(SCc3ccccc3)ccc2Sc2ccccc21. The van der Waals surface area contributed by atoms with Crippen LogP contribution in [0.5, 0.6) is 0 Å². The van der Waals surface area contributed by atoms with Crippen molar-refractivity contribution < 1.29 is 4.79 Å². The lowest BCUT2D eigenvalue weighted by Gasteiger charge is -2.09. The second-order valence-corrected chi connectivity index (χ2v) is 7.62. The second-order valence-electron chi connectivity index (χ2n) is 5.48. The van der Waals surface area contributed by atoms with E-state index in [0.29, 0.717) is 0 Å². The molecule has 0 saturated heterocycles. The number of anilines is 1. The number of carbonyl (C=O) groups excluding carboxylic acids is 1. The van der Waals surface area contributed by atoms with E-state index in [4.69, 9.17) is 0 Å². The molecule has 3 aromatic carbocycles. The third-order valence-corrected chi connectivity index (χ3v) is 6.02. The van der Waals surface area contributed by atoms with Gasteiger partial charge in [0, 0.05) is 20.4 Å². The quantitative estimate of drug-likeness (QED) is 0.615. The number of rotatable bonds is 3. The van der Waals surface area contributed by atoms with Gasteiger partial charge in [-0.05, 0) is 35.9 Å². The van der Waals surface area contributed by atoms with Gasteiger partial charge in [-0.15, -0.1) is 11.8 Å². The molecule has 24 heavy (non-hydrogen) atoms. The Hall–Kier alpha value is -2.17. The Morgan fingerprint density at radius 3 is 2.54 bits per heavy atom. The number of thioether (sulfide) groups is 1. The molecular weight excluding hydrogens is 334 g/mol. The minimum absolute atomic E-state index is 0.0398. The van der Waals surface area contributed by atoms with Crippen LogP contribution in [0.15, 0.2) is 87.5 Å². The molecule has 0 radical (unpaired) electrons. The van der Waals surface area contributed by atoms with Crippen molar-refractivity contribution in [1.82, 2.24) is 0 Å². The van der Waals surface area contributed by atoms with Crippen LogP contribution in [0, 0.1) is 0 Å². The molecule has 0 saturated carbocycles. The predicted octanol–water partition coefficient (Wildman–Crippen LogP) is 5.70. The summed E-state index contributed by atoms with van der Waals surface area (Å²) < 4.78 is 0. The van der Waals surface area contributed by atoms with Crippen LogP contribution in [0.4, 0.5) is 5.69 Å². The van der Waals surface area contributed by atoms with E-state index in [-0.39, 0.29) is 5.91 Å². The van der Waals surface area contributed by atoms with Crippen molar-refractivity contribution in [2.24, 2.45) is 0 Å². The summed E-state index contributed by atoms with van der Waals surface area (Å²) in [4.78, 5) is 15.7. The highest BCUT2D eigenvalue weighted by molar-refractivity contribution is 7.99. The Morgan fingerprint density at radius 2 is 1.67 bits per heavy atom. The summed E-state index contributed by atoms with van der Waals surface area (Å²) in [5.41, 5.74) is 2.92. The summed E-state index contributed by atoms with van der Waals surface area (Å²) in [5, 5.41) is 3.04. The molecule has 2 nitrogen and oxygen atoms in total. The molecule has 0 aromatic heterocycles. The van der Waals surface area contributed by atoms with E-state index < -0.39 is 0 Å². The van der Waals surface area contributed by atoms with Crippen molar-refractivity contribution in [3.05, 3.63) is 83.9 Å². The standard InChI is InChI=1S/C20H15NOS2/c22-20-16-8-4-5-9-18(16)24-19-11-10-15(12-17(19)21-20)23-13-14-6-2-1-3-7-14/h1-12H,13H2,(H,21,22). The van der Waals surface area contributed by atoms with Crippen molar-refractivity contribution in [1.29, 1.82) is 0 Å². The Morgan fingerprint density at radius 1 is 0.875 bits per heavy atom. The highest BCUT2D eigenvalue weighted by Gasteiger charge is 2.19. The van der Waals surface area contributed by atoms with Gasteiger partial charge < -0.3 is 5.32 Å². The van der Waals surface area contributed by atoms with Gasteiger partial charge >= 0.3 is 0 Å². The fourth-order valence-corrected chi connectivity index (χ4v) is 4.48. The minimum atomic E-state index is -0.0398. The number of hydrogen-bond acceptors (Lipinski definition) is 3. The first kappa shape index (κ1) is 15.4. The maximum Gasteiger partial charge on any atom is 0.256 e. The van der Waals surface area contributed by atoms with E-state index in [1.54, 1.807) is 23.5 Å². The number of fused-ring (bicyclic) bond motifs is 2. The van der Waals surface area contributed by atoms with Crippen LogP contribution in [0.2, 0.25) is 0 Å². The summed E-state index contributed by atoms with van der Waals surface area (Å²) in [7, 11) is 0. The molecule has 1 heterocycles. The van der Waals surface area contributed by atoms with E-state index >= 15 is 0 Å². The van der Waals surface area contributed by atoms with Crippen molar-refractivity contribution in [3.63, 3.8) is 0 Å². The molecule has 0 bridgehead atoms. The summed E-state index contributed by atoms with van der Waals surface area (Å²) in [6, 6.07) is 24.4. The van der Waals surface area contributed by atoms with Gasteiger partial charge in [0.1, 0.15) is 0 Å². The van der Waals surface area contributed by atoms with Gasteiger partial charge in [-0.3, -0.25) is 4.79 Å². The molecule has 0 unspecified atom stereocenters. The number of nitrogens with one attached hydrogen (secondary N) is 1. The Balaban J connectivity index is 1.58. The van der Waals surface area contributed by atoms with Crippen LogP contribution in [-0.4, -0.2) is 5.91 Å². The molecule has 1 aliphatic rings. The van der Waals surface area contributed by atoms with E-state index in [1.807, 2.05) is 30.3 Å². The van der Waals surface area contributed by atoms with Gasteiger partial charge in [-0.1, -0.05) is 54.2 Å². The molecule has 0 fully saturated rings. The van der Waals surface area contributed by atoms with Gasteiger partial charge in [-0.2, -0.15) is 0 Å². The van der Waals surface area contributed by atoms with E-state index in [0.717, 1.165) is 31.7 Å². The van der Waals surface area contributed by atoms with Gasteiger partial charge in [0.05, 0.1) is 11.3 Å². The van der Waals surface area contributed by atoms with Gasteiger partial charge in [-0.25, -0.2) is 0 Å². The van der Waals surface area contributed by atoms with E-state index in [1.165, 1.54) is 5.56 Å². The van der Waals surface area contributed by atoms with Crippen LogP contribution in [-0.2, 0) is 5.75 Å². The molecule has 1 N–H and O–H groups in total.